The van der Waals surface area contributed by atoms with Gasteiger partial charge in [0.2, 0.25) is 0 Å². The Morgan fingerprint density at radius 3 is 1.51 bits per heavy atom. The molecule has 0 N–H and O–H groups in total. The highest BCUT2D eigenvalue weighted by molar-refractivity contribution is 6.13. The summed E-state index contributed by atoms with van der Waals surface area (Å²) in [6.45, 7) is 12.9. The number of allylic oxidation sites excluding steroid dienone is 4. The average Bonchev–Trinajstić information content (AvgIpc) is 3.98. The predicted molar refractivity (Wildman–Crippen MR) is 331 cm³/mol. The largest absolute Gasteiger partial charge is 0.456 e. The van der Waals surface area contributed by atoms with E-state index in [0.717, 1.165) is 111 Å². The second kappa shape index (κ2) is 21.9. The number of fused-ring (bicyclic) bond motifs is 3. The van der Waals surface area contributed by atoms with Crippen LogP contribution < -0.4 is 0 Å². The van der Waals surface area contributed by atoms with E-state index >= 15 is 0 Å². The zero-order chi connectivity index (χ0) is 53.8. The normalized spacial score (nSPS) is 11.9. The minimum atomic E-state index is 0.613. The summed E-state index contributed by atoms with van der Waals surface area (Å²) in [5, 5.41) is 2.13. The minimum Gasteiger partial charge on any atom is -0.456 e. The zero-order valence-corrected chi connectivity index (χ0v) is 44.7. The van der Waals surface area contributed by atoms with Gasteiger partial charge in [-0.05, 0) is 141 Å². The van der Waals surface area contributed by atoms with Crippen molar-refractivity contribution in [2.75, 3.05) is 0 Å². The van der Waals surface area contributed by atoms with E-state index in [-0.39, 0.29) is 0 Å². The Kier molecular flexibility index (Phi) is 13.8. The van der Waals surface area contributed by atoms with E-state index in [1.54, 1.807) is 0 Å². The molecule has 0 amide bonds. The van der Waals surface area contributed by atoms with E-state index in [2.05, 4.69) is 216 Å². The van der Waals surface area contributed by atoms with Gasteiger partial charge in [-0.15, -0.1) is 0 Å². The summed E-state index contributed by atoms with van der Waals surface area (Å²) in [4.78, 5) is 19.7. The monoisotopic (exact) mass is 1020 g/mol. The summed E-state index contributed by atoms with van der Waals surface area (Å²) in [7, 11) is 0. The SMILES string of the molecule is C=C(N=C/C(C)=C/C=C(\C)c1cccc(C)c1C)c1cccc(-c2ccc(-c3ccc(-c4ccc(-c5ccc6oc7cccc(-c8cccc(-c9nc(-c%10ccccc%10)nc(-c%10ccccc%10)n9)c8)c7c6c5)cc4)cc3)cc2)c1. The second-order valence-corrected chi connectivity index (χ2v) is 20.1. The molecular weight excluding hydrogens is 961 g/mol. The molecule has 5 nitrogen and oxygen atoms in total. The summed E-state index contributed by atoms with van der Waals surface area (Å²) in [6.07, 6.45) is 6.17. The summed E-state index contributed by atoms with van der Waals surface area (Å²) < 4.78 is 6.50. The molecule has 0 aliphatic rings. The molecule has 0 aliphatic heterocycles. The zero-order valence-electron chi connectivity index (χ0n) is 44.7. The van der Waals surface area contributed by atoms with E-state index in [9.17, 15) is 0 Å². The van der Waals surface area contributed by atoms with E-state index < -0.39 is 0 Å². The molecule has 0 spiro atoms. The summed E-state index contributed by atoms with van der Waals surface area (Å²) in [5.74, 6) is 1.87. The van der Waals surface area contributed by atoms with Gasteiger partial charge in [0.15, 0.2) is 17.5 Å². The van der Waals surface area contributed by atoms with E-state index in [0.29, 0.717) is 17.5 Å². The maximum atomic E-state index is 6.50. The Morgan fingerprint density at radius 1 is 0.418 bits per heavy atom. The first-order valence-electron chi connectivity index (χ1n) is 26.7. The summed E-state index contributed by atoms with van der Waals surface area (Å²) >= 11 is 0. The first-order valence-corrected chi connectivity index (χ1v) is 26.7. The van der Waals surface area contributed by atoms with Gasteiger partial charge >= 0.3 is 0 Å². The van der Waals surface area contributed by atoms with Gasteiger partial charge in [0, 0.05) is 39.2 Å². The molecule has 79 heavy (non-hydrogen) atoms. The highest BCUT2D eigenvalue weighted by Crippen LogP contribution is 2.40. The molecule has 0 aliphatic carbocycles. The van der Waals surface area contributed by atoms with Crippen molar-refractivity contribution in [3.05, 3.63) is 283 Å². The van der Waals surface area contributed by atoms with E-state index in [1.165, 1.54) is 22.3 Å². The minimum absolute atomic E-state index is 0.613. The number of benzene rings is 10. The van der Waals surface area contributed by atoms with Crippen LogP contribution in [0.5, 0.6) is 0 Å². The van der Waals surface area contributed by atoms with Crippen LogP contribution in [-0.2, 0) is 0 Å². The van der Waals surface area contributed by atoms with Crippen molar-refractivity contribution in [1.82, 2.24) is 15.0 Å². The van der Waals surface area contributed by atoms with E-state index in [4.69, 9.17) is 24.4 Å². The molecule has 12 rings (SSSR count). The molecule has 12 aromatic rings. The summed E-state index contributed by atoms with van der Waals surface area (Å²) in [6, 6.07) is 82.7. The van der Waals surface area contributed by atoms with Gasteiger partial charge in [-0.2, -0.15) is 0 Å². The van der Waals surface area contributed by atoms with Gasteiger partial charge in [0.05, 0.1) is 5.70 Å². The molecule has 0 saturated heterocycles. The number of aliphatic imine (C=N–C) groups is 1. The topological polar surface area (TPSA) is 64.2 Å². The molecule has 10 aromatic carbocycles. The fourth-order valence-corrected chi connectivity index (χ4v) is 10.3. The van der Waals surface area contributed by atoms with Gasteiger partial charge in [-0.1, -0.05) is 225 Å². The van der Waals surface area contributed by atoms with Crippen LogP contribution in [0.2, 0.25) is 0 Å². The molecule has 5 heteroatoms. The van der Waals surface area contributed by atoms with Crippen LogP contribution >= 0.6 is 0 Å². The van der Waals surface area contributed by atoms with E-state index in [1.807, 2.05) is 72.9 Å². The fourth-order valence-electron chi connectivity index (χ4n) is 10.3. The third-order valence-corrected chi connectivity index (χ3v) is 14.9. The summed E-state index contributed by atoms with van der Waals surface area (Å²) in [5.41, 5.74) is 23.6. The Labute approximate surface area is 462 Å². The molecule has 0 bridgehead atoms. The van der Waals surface area contributed by atoms with Crippen molar-refractivity contribution in [2.45, 2.75) is 27.7 Å². The Morgan fingerprint density at radius 2 is 0.899 bits per heavy atom. The molecule has 0 atom stereocenters. The number of rotatable bonds is 13. The van der Waals surface area contributed by atoms with Crippen LogP contribution in [0.15, 0.2) is 270 Å². The van der Waals surface area contributed by atoms with Crippen LogP contribution in [0, 0.1) is 13.8 Å². The van der Waals surface area contributed by atoms with Gasteiger partial charge in [0.1, 0.15) is 11.2 Å². The molecule has 0 saturated carbocycles. The average molecular weight is 1020 g/mol. The third kappa shape index (κ3) is 10.6. The lowest BCUT2D eigenvalue weighted by atomic mass is 9.95. The maximum Gasteiger partial charge on any atom is 0.164 e. The first-order chi connectivity index (χ1) is 38.7. The van der Waals surface area contributed by atoms with Crippen molar-refractivity contribution < 1.29 is 4.42 Å². The van der Waals surface area contributed by atoms with Gasteiger partial charge in [0.25, 0.3) is 0 Å². The van der Waals surface area contributed by atoms with Gasteiger partial charge < -0.3 is 4.42 Å². The number of aromatic nitrogens is 3. The highest BCUT2D eigenvalue weighted by atomic mass is 16.3. The number of furan rings is 1. The Bertz CT molecular complexity index is 4260. The van der Waals surface area contributed by atoms with Crippen LogP contribution in [0.1, 0.15) is 36.1 Å². The Balaban J connectivity index is 0.743. The number of hydrogen-bond donors (Lipinski definition) is 0. The lowest BCUT2D eigenvalue weighted by molar-refractivity contribution is 0.669. The van der Waals surface area contributed by atoms with Crippen LogP contribution in [0.3, 0.4) is 0 Å². The van der Waals surface area contributed by atoms with Crippen molar-refractivity contribution in [3.8, 4) is 89.8 Å². The standard InChI is InChI=1S/C74H56N4O/c1-48(28-29-50(3)66-25-12-16-49(2)51(66)4)47-75-52(5)61-21-13-22-62(44-61)57-38-34-55(35-39-57)53-30-32-54(33-31-53)56-36-40-58(41-37-56)63-42-43-69-68(46-63)71-67(26-15-27-70(71)79-69)64-23-14-24-65(45-64)74-77-72(59-17-8-6-9-18-59)76-73(78-74)60-19-10-7-11-20-60/h6-47H,5H2,1-4H3/b48-28+,50-29+,75-47?. The molecule has 2 aromatic heterocycles. The van der Waals surface area contributed by atoms with Crippen LogP contribution in [0.4, 0.5) is 0 Å². The lowest BCUT2D eigenvalue weighted by Crippen LogP contribution is -2.00. The fraction of sp³-hybridized carbons (Fsp3) is 0.0541. The van der Waals surface area contributed by atoms with Crippen LogP contribution in [-0.4, -0.2) is 21.2 Å². The molecule has 0 radical (unpaired) electrons. The molecular formula is C74H56N4O. The smallest absolute Gasteiger partial charge is 0.164 e. The predicted octanol–water partition coefficient (Wildman–Crippen LogP) is 19.8. The van der Waals surface area contributed by atoms with Crippen molar-refractivity contribution in [3.63, 3.8) is 0 Å². The van der Waals surface area contributed by atoms with Crippen molar-refractivity contribution in [1.29, 1.82) is 0 Å². The second-order valence-electron chi connectivity index (χ2n) is 20.1. The highest BCUT2D eigenvalue weighted by Gasteiger charge is 2.17. The number of hydrogen-bond acceptors (Lipinski definition) is 5. The molecule has 0 unspecified atom stereocenters. The van der Waals surface area contributed by atoms with Gasteiger partial charge in [-0.3, -0.25) is 4.99 Å². The Hall–Kier alpha value is -10.1. The lowest BCUT2D eigenvalue weighted by Gasteiger charge is -2.10. The quantitative estimate of drug-likeness (QED) is 0.0853. The molecule has 378 valence electrons. The molecule has 0 fully saturated rings. The van der Waals surface area contributed by atoms with Crippen LogP contribution in [0.25, 0.3) is 123 Å². The third-order valence-electron chi connectivity index (χ3n) is 14.9. The first kappa shape index (κ1) is 49.8. The number of nitrogens with zero attached hydrogens (tertiary/aromatic N) is 4. The van der Waals surface area contributed by atoms with Gasteiger partial charge in [-0.25, -0.2) is 15.0 Å². The maximum absolute atomic E-state index is 6.50. The number of aryl methyl sites for hydroxylation is 1. The van der Waals surface area contributed by atoms with Crippen molar-refractivity contribution >= 4 is 39.4 Å². The molecule has 2 heterocycles. The van der Waals surface area contributed by atoms with Crippen molar-refractivity contribution in [2.24, 2.45) is 4.99 Å².